The van der Waals surface area contributed by atoms with Crippen LogP contribution in [0.4, 0.5) is 8.78 Å². The zero-order valence-corrected chi connectivity index (χ0v) is 10.1. The highest BCUT2D eigenvalue weighted by Crippen LogP contribution is 2.18. The van der Waals surface area contributed by atoms with Crippen molar-refractivity contribution >= 4 is 15.9 Å². The molecule has 2 aromatic rings. The van der Waals surface area contributed by atoms with Crippen molar-refractivity contribution in [1.82, 2.24) is 9.97 Å². The minimum absolute atomic E-state index is 0.0798. The molecule has 0 spiro atoms. The highest BCUT2D eigenvalue weighted by molar-refractivity contribution is 9.10. The molecule has 2 rings (SSSR count). The van der Waals surface area contributed by atoms with Gasteiger partial charge in [-0.1, -0.05) is 0 Å². The van der Waals surface area contributed by atoms with Crippen molar-refractivity contribution in [3.63, 3.8) is 0 Å². The van der Waals surface area contributed by atoms with Crippen LogP contribution in [0.1, 0.15) is 5.56 Å². The summed E-state index contributed by atoms with van der Waals surface area (Å²) < 4.78 is 31.5. The average Bonchev–Trinajstić information content (AvgIpc) is 2.30. The molecule has 0 bridgehead atoms. The molecule has 0 aliphatic carbocycles. The van der Waals surface area contributed by atoms with Gasteiger partial charge in [-0.25, -0.2) is 13.8 Å². The zero-order valence-electron chi connectivity index (χ0n) is 8.53. The molecule has 0 unspecified atom stereocenters. The molecule has 0 radical (unpaired) electrons. The van der Waals surface area contributed by atoms with Crippen LogP contribution in [-0.4, -0.2) is 9.97 Å². The molecule has 0 aromatic carbocycles. The van der Waals surface area contributed by atoms with Crippen LogP contribution in [-0.2, 0) is 6.61 Å². The maximum atomic E-state index is 12.9. The molecule has 0 saturated heterocycles. The number of pyridine rings is 2. The molecule has 2 heterocycles. The van der Waals surface area contributed by atoms with Crippen molar-refractivity contribution in [2.24, 2.45) is 0 Å². The van der Waals surface area contributed by atoms with Crippen molar-refractivity contribution in [1.29, 1.82) is 0 Å². The summed E-state index contributed by atoms with van der Waals surface area (Å²) >= 11 is 3.17. The molecule has 0 aliphatic heterocycles. The van der Waals surface area contributed by atoms with E-state index < -0.39 is 11.6 Å². The third-order valence-electron chi connectivity index (χ3n) is 1.95. The summed E-state index contributed by atoms with van der Waals surface area (Å²) in [6, 6.07) is 2.50. The van der Waals surface area contributed by atoms with Crippen LogP contribution in [0.15, 0.2) is 35.3 Å². The van der Waals surface area contributed by atoms with Crippen LogP contribution in [0.3, 0.4) is 0 Å². The van der Waals surface area contributed by atoms with E-state index in [4.69, 9.17) is 4.74 Å². The van der Waals surface area contributed by atoms with E-state index in [1.54, 1.807) is 0 Å². The van der Waals surface area contributed by atoms with Crippen LogP contribution < -0.4 is 4.74 Å². The second kappa shape index (κ2) is 5.18. The quantitative estimate of drug-likeness (QED) is 0.817. The molecule has 88 valence electrons. The van der Waals surface area contributed by atoms with Gasteiger partial charge in [0.15, 0.2) is 0 Å². The van der Waals surface area contributed by atoms with Crippen molar-refractivity contribution in [2.45, 2.75) is 6.61 Å². The van der Waals surface area contributed by atoms with Gasteiger partial charge in [-0.05, 0) is 22.0 Å². The van der Waals surface area contributed by atoms with E-state index in [9.17, 15) is 8.78 Å². The maximum Gasteiger partial charge on any atom is 0.145 e. The normalized spacial score (nSPS) is 10.3. The van der Waals surface area contributed by atoms with Gasteiger partial charge in [0.25, 0.3) is 0 Å². The molecule has 3 nitrogen and oxygen atoms in total. The Bertz CT molecular complexity index is 537. The second-order valence-electron chi connectivity index (χ2n) is 3.23. The highest BCUT2D eigenvalue weighted by Gasteiger charge is 2.05. The van der Waals surface area contributed by atoms with E-state index >= 15 is 0 Å². The van der Waals surface area contributed by atoms with Crippen LogP contribution >= 0.6 is 15.9 Å². The fourth-order valence-corrected chi connectivity index (χ4v) is 1.53. The van der Waals surface area contributed by atoms with Crippen LogP contribution in [0.25, 0.3) is 0 Å². The first-order valence-corrected chi connectivity index (χ1v) is 5.48. The van der Waals surface area contributed by atoms with Crippen molar-refractivity contribution in [3.05, 3.63) is 52.5 Å². The molecule has 6 heteroatoms. The lowest BCUT2D eigenvalue weighted by atomic mass is 10.3. The first-order valence-electron chi connectivity index (χ1n) is 4.68. The van der Waals surface area contributed by atoms with E-state index in [1.807, 2.05) is 0 Å². The Morgan fingerprint density at radius 1 is 1.12 bits per heavy atom. The standard InChI is InChI=1S/C11H7BrF2N2O/c12-11-7(1-8(13)4-16-11)6-17-10-2-9(14)3-15-5-10/h1-5H,6H2. The van der Waals surface area contributed by atoms with Crippen LogP contribution in [0, 0.1) is 11.6 Å². The molecular weight excluding hydrogens is 294 g/mol. The molecule has 0 saturated carbocycles. The number of rotatable bonds is 3. The summed E-state index contributed by atoms with van der Waals surface area (Å²) in [6.45, 7) is 0.0798. The number of aromatic nitrogens is 2. The lowest BCUT2D eigenvalue weighted by Gasteiger charge is -2.07. The van der Waals surface area contributed by atoms with E-state index in [0.717, 1.165) is 12.4 Å². The summed E-state index contributed by atoms with van der Waals surface area (Å²) in [4.78, 5) is 7.42. The first kappa shape index (κ1) is 11.9. The van der Waals surface area contributed by atoms with Gasteiger partial charge in [-0.3, -0.25) is 4.98 Å². The summed E-state index contributed by atoms with van der Waals surface area (Å²) in [6.07, 6.45) is 3.55. The summed E-state index contributed by atoms with van der Waals surface area (Å²) in [5.41, 5.74) is 0.536. The van der Waals surface area contributed by atoms with Gasteiger partial charge in [0, 0.05) is 11.6 Å². The summed E-state index contributed by atoms with van der Waals surface area (Å²) in [7, 11) is 0. The monoisotopic (exact) mass is 300 g/mol. The van der Waals surface area contributed by atoms with Crippen LogP contribution in [0.2, 0.25) is 0 Å². The Morgan fingerprint density at radius 3 is 2.65 bits per heavy atom. The van der Waals surface area contributed by atoms with Crippen molar-refractivity contribution < 1.29 is 13.5 Å². The van der Waals surface area contributed by atoms with Gasteiger partial charge in [-0.2, -0.15) is 0 Å². The second-order valence-corrected chi connectivity index (χ2v) is 3.98. The molecule has 0 N–H and O–H groups in total. The number of hydrogen-bond acceptors (Lipinski definition) is 3. The Kier molecular flexibility index (Phi) is 3.63. The van der Waals surface area contributed by atoms with Crippen molar-refractivity contribution in [2.75, 3.05) is 0 Å². The zero-order chi connectivity index (χ0) is 12.3. The Balaban J connectivity index is 2.09. The number of halogens is 3. The van der Waals surface area contributed by atoms with Gasteiger partial charge in [-0.15, -0.1) is 0 Å². The SMILES string of the molecule is Fc1cncc(OCc2cc(F)cnc2Br)c1. The molecule has 17 heavy (non-hydrogen) atoms. The maximum absolute atomic E-state index is 12.9. The molecule has 0 fully saturated rings. The lowest BCUT2D eigenvalue weighted by Crippen LogP contribution is -1.99. The molecule has 0 atom stereocenters. The van der Waals surface area contributed by atoms with E-state index in [2.05, 4.69) is 25.9 Å². The molecule has 2 aromatic heterocycles. The van der Waals surface area contributed by atoms with E-state index in [1.165, 1.54) is 18.3 Å². The fourth-order valence-electron chi connectivity index (χ4n) is 1.20. The largest absolute Gasteiger partial charge is 0.487 e. The number of hydrogen-bond donors (Lipinski definition) is 0. The van der Waals surface area contributed by atoms with Crippen molar-refractivity contribution in [3.8, 4) is 5.75 Å². The smallest absolute Gasteiger partial charge is 0.145 e. The summed E-state index contributed by atoms with van der Waals surface area (Å²) in [5.74, 6) is -0.663. The number of nitrogens with zero attached hydrogens (tertiary/aromatic N) is 2. The fraction of sp³-hybridized carbons (Fsp3) is 0.0909. The predicted octanol–water partition coefficient (Wildman–Crippen LogP) is 3.10. The van der Waals surface area contributed by atoms with Gasteiger partial charge in [0.2, 0.25) is 0 Å². The third kappa shape index (κ3) is 3.20. The Hall–Kier alpha value is -1.56. The van der Waals surface area contributed by atoms with Gasteiger partial charge in [0.05, 0.1) is 18.6 Å². The van der Waals surface area contributed by atoms with Crippen LogP contribution in [0.5, 0.6) is 5.75 Å². The predicted molar refractivity (Wildman–Crippen MR) is 60.4 cm³/mol. The lowest BCUT2D eigenvalue weighted by molar-refractivity contribution is 0.301. The minimum atomic E-state index is -0.487. The summed E-state index contributed by atoms with van der Waals surface area (Å²) in [5, 5.41) is 0. The topological polar surface area (TPSA) is 35.0 Å². The molecule has 0 aliphatic rings. The number of ether oxygens (including phenoxy) is 1. The Morgan fingerprint density at radius 2 is 1.88 bits per heavy atom. The van der Waals surface area contributed by atoms with E-state index in [-0.39, 0.29) is 12.4 Å². The van der Waals surface area contributed by atoms with Gasteiger partial charge >= 0.3 is 0 Å². The average molecular weight is 301 g/mol. The molecular formula is C11H7BrF2N2O. The first-order chi connectivity index (χ1) is 8.15. The third-order valence-corrected chi connectivity index (χ3v) is 2.67. The minimum Gasteiger partial charge on any atom is -0.487 e. The molecule has 0 amide bonds. The van der Waals surface area contributed by atoms with Gasteiger partial charge in [0.1, 0.15) is 28.6 Å². The highest BCUT2D eigenvalue weighted by atomic mass is 79.9. The van der Waals surface area contributed by atoms with E-state index in [0.29, 0.717) is 10.2 Å². The van der Waals surface area contributed by atoms with Gasteiger partial charge < -0.3 is 4.74 Å². The Labute approximate surface area is 105 Å².